The molecule has 6 nitrogen and oxygen atoms in total. The number of hydrogen-bond acceptors (Lipinski definition) is 5. The van der Waals surface area contributed by atoms with Gasteiger partial charge in [0.2, 0.25) is 0 Å². The zero-order chi connectivity index (χ0) is 15.4. The third-order valence-electron chi connectivity index (χ3n) is 3.32. The number of ether oxygens (including phenoxy) is 1. The summed E-state index contributed by atoms with van der Waals surface area (Å²) in [5.74, 6) is 0.453. The van der Waals surface area contributed by atoms with Crippen molar-refractivity contribution in [2.75, 3.05) is 36.5 Å². The molecular formula is C15H15ClN4O2. The minimum Gasteiger partial charge on any atom is -0.378 e. The van der Waals surface area contributed by atoms with Gasteiger partial charge in [0.25, 0.3) is 5.91 Å². The molecule has 2 heterocycles. The van der Waals surface area contributed by atoms with Gasteiger partial charge in [-0.15, -0.1) is 10.2 Å². The molecule has 0 saturated carbocycles. The standard InChI is InChI=1S/C15H15ClN4O2/c16-11-1-3-12(4-2-11)17-15(21)13-5-6-14(19-18-13)20-7-9-22-10-8-20/h1-6H,7-10H2,(H,17,21). The number of nitrogens with one attached hydrogen (secondary N) is 1. The van der Waals surface area contributed by atoms with Gasteiger partial charge in [0.05, 0.1) is 13.2 Å². The van der Waals surface area contributed by atoms with Gasteiger partial charge in [-0.2, -0.15) is 0 Å². The molecule has 1 N–H and O–H groups in total. The van der Waals surface area contributed by atoms with Crippen molar-refractivity contribution in [3.05, 3.63) is 47.1 Å². The predicted octanol–water partition coefficient (Wildman–Crippen LogP) is 2.22. The Bertz CT molecular complexity index is 640. The average Bonchev–Trinajstić information content (AvgIpc) is 2.58. The number of carbonyl (C=O) groups excluding carboxylic acids is 1. The highest BCUT2D eigenvalue weighted by molar-refractivity contribution is 6.30. The quantitative estimate of drug-likeness (QED) is 0.940. The molecule has 1 aliphatic rings. The molecule has 3 rings (SSSR count). The molecule has 1 saturated heterocycles. The van der Waals surface area contributed by atoms with E-state index in [0.717, 1.165) is 18.9 Å². The first kappa shape index (κ1) is 14.7. The molecule has 0 spiro atoms. The van der Waals surface area contributed by atoms with Crippen LogP contribution in [0.4, 0.5) is 11.5 Å². The van der Waals surface area contributed by atoms with Crippen molar-refractivity contribution in [2.24, 2.45) is 0 Å². The van der Waals surface area contributed by atoms with Crippen LogP contribution in [0.3, 0.4) is 0 Å². The van der Waals surface area contributed by atoms with Crippen LogP contribution in [-0.2, 0) is 4.74 Å². The van der Waals surface area contributed by atoms with E-state index in [2.05, 4.69) is 20.4 Å². The normalized spacial score (nSPS) is 14.7. The van der Waals surface area contributed by atoms with E-state index >= 15 is 0 Å². The number of benzene rings is 1. The van der Waals surface area contributed by atoms with Crippen LogP contribution in [0.5, 0.6) is 0 Å². The lowest BCUT2D eigenvalue weighted by molar-refractivity contribution is 0.102. The molecule has 0 radical (unpaired) electrons. The Morgan fingerprint density at radius 1 is 1.09 bits per heavy atom. The van der Waals surface area contributed by atoms with E-state index in [0.29, 0.717) is 23.9 Å². The second kappa shape index (κ2) is 6.72. The smallest absolute Gasteiger partial charge is 0.276 e. The Kier molecular flexibility index (Phi) is 4.50. The van der Waals surface area contributed by atoms with Gasteiger partial charge in [-0.1, -0.05) is 11.6 Å². The van der Waals surface area contributed by atoms with Crippen molar-refractivity contribution in [3.63, 3.8) is 0 Å². The number of hydrogen-bond donors (Lipinski definition) is 1. The molecule has 114 valence electrons. The number of anilines is 2. The van der Waals surface area contributed by atoms with Crippen LogP contribution < -0.4 is 10.2 Å². The van der Waals surface area contributed by atoms with E-state index in [1.165, 1.54) is 0 Å². The molecule has 1 aliphatic heterocycles. The van der Waals surface area contributed by atoms with Crippen LogP contribution in [0.2, 0.25) is 5.02 Å². The lowest BCUT2D eigenvalue weighted by atomic mass is 10.3. The van der Waals surface area contributed by atoms with Gasteiger partial charge in [-0.05, 0) is 36.4 Å². The highest BCUT2D eigenvalue weighted by Gasteiger charge is 2.14. The fourth-order valence-corrected chi connectivity index (χ4v) is 2.26. The van der Waals surface area contributed by atoms with Crippen LogP contribution in [-0.4, -0.2) is 42.4 Å². The number of aromatic nitrogens is 2. The summed E-state index contributed by atoms with van der Waals surface area (Å²) in [6, 6.07) is 10.4. The number of carbonyl (C=O) groups is 1. The summed E-state index contributed by atoms with van der Waals surface area (Å²) in [6.07, 6.45) is 0. The number of rotatable bonds is 3. The molecule has 1 aromatic heterocycles. The van der Waals surface area contributed by atoms with Crippen molar-refractivity contribution in [1.82, 2.24) is 10.2 Å². The first-order chi connectivity index (χ1) is 10.7. The first-order valence-electron chi connectivity index (χ1n) is 6.96. The van der Waals surface area contributed by atoms with E-state index in [9.17, 15) is 4.79 Å². The molecule has 7 heteroatoms. The summed E-state index contributed by atoms with van der Waals surface area (Å²) >= 11 is 5.81. The van der Waals surface area contributed by atoms with Crippen LogP contribution in [0, 0.1) is 0 Å². The molecule has 1 fully saturated rings. The minimum absolute atomic E-state index is 0.270. The van der Waals surface area contributed by atoms with Crippen molar-refractivity contribution >= 4 is 29.0 Å². The van der Waals surface area contributed by atoms with Crippen LogP contribution in [0.1, 0.15) is 10.5 Å². The Hall–Kier alpha value is -2.18. The summed E-state index contributed by atoms with van der Waals surface area (Å²) in [5, 5.41) is 11.5. The van der Waals surface area contributed by atoms with E-state index in [4.69, 9.17) is 16.3 Å². The van der Waals surface area contributed by atoms with Gasteiger partial charge in [-0.25, -0.2) is 0 Å². The molecule has 0 bridgehead atoms. The average molecular weight is 319 g/mol. The third-order valence-corrected chi connectivity index (χ3v) is 3.57. The van der Waals surface area contributed by atoms with Crippen LogP contribution >= 0.6 is 11.6 Å². The maximum Gasteiger partial charge on any atom is 0.276 e. The fourth-order valence-electron chi connectivity index (χ4n) is 2.14. The molecule has 0 atom stereocenters. The third kappa shape index (κ3) is 3.52. The van der Waals surface area contributed by atoms with Gasteiger partial charge in [0.15, 0.2) is 11.5 Å². The van der Waals surface area contributed by atoms with E-state index in [1.54, 1.807) is 36.4 Å². The van der Waals surface area contributed by atoms with Gasteiger partial charge >= 0.3 is 0 Å². The van der Waals surface area contributed by atoms with Gasteiger partial charge in [0.1, 0.15) is 0 Å². The molecule has 2 aromatic rings. The molecule has 1 aromatic carbocycles. The summed E-state index contributed by atoms with van der Waals surface area (Å²) < 4.78 is 5.29. The van der Waals surface area contributed by atoms with Gasteiger partial charge < -0.3 is 15.0 Å². The van der Waals surface area contributed by atoms with E-state index in [-0.39, 0.29) is 11.6 Å². The number of nitrogens with zero attached hydrogens (tertiary/aromatic N) is 3. The molecule has 22 heavy (non-hydrogen) atoms. The number of halogens is 1. The number of amides is 1. The van der Waals surface area contributed by atoms with Crippen molar-refractivity contribution in [2.45, 2.75) is 0 Å². The van der Waals surface area contributed by atoms with Crippen molar-refractivity contribution < 1.29 is 9.53 Å². The maximum absolute atomic E-state index is 12.1. The second-order valence-electron chi connectivity index (χ2n) is 4.84. The summed E-state index contributed by atoms with van der Waals surface area (Å²) in [7, 11) is 0. The topological polar surface area (TPSA) is 67.4 Å². The van der Waals surface area contributed by atoms with E-state index < -0.39 is 0 Å². The highest BCUT2D eigenvalue weighted by atomic mass is 35.5. The summed E-state index contributed by atoms with van der Waals surface area (Å²) in [5.41, 5.74) is 0.931. The largest absolute Gasteiger partial charge is 0.378 e. The zero-order valence-electron chi connectivity index (χ0n) is 11.8. The predicted molar refractivity (Wildman–Crippen MR) is 84.5 cm³/mol. The minimum atomic E-state index is -0.302. The molecule has 1 amide bonds. The summed E-state index contributed by atoms with van der Waals surface area (Å²) in [6.45, 7) is 2.93. The Labute approximate surface area is 133 Å². The Morgan fingerprint density at radius 3 is 2.45 bits per heavy atom. The van der Waals surface area contributed by atoms with Crippen molar-refractivity contribution in [3.8, 4) is 0 Å². The van der Waals surface area contributed by atoms with Crippen LogP contribution in [0.25, 0.3) is 0 Å². The Morgan fingerprint density at radius 2 is 1.82 bits per heavy atom. The second-order valence-corrected chi connectivity index (χ2v) is 5.27. The maximum atomic E-state index is 12.1. The molecular weight excluding hydrogens is 304 g/mol. The molecule has 0 aliphatic carbocycles. The Balaban J connectivity index is 1.66. The highest BCUT2D eigenvalue weighted by Crippen LogP contribution is 2.15. The first-order valence-corrected chi connectivity index (χ1v) is 7.33. The van der Waals surface area contributed by atoms with Crippen LogP contribution in [0.15, 0.2) is 36.4 Å². The number of morpholine rings is 1. The van der Waals surface area contributed by atoms with Gasteiger partial charge in [-0.3, -0.25) is 4.79 Å². The lowest BCUT2D eigenvalue weighted by Crippen LogP contribution is -2.37. The molecule has 0 unspecified atom stereocenters. The van der Waals surface area contributed by atoms with Gasteiger partial charge in [0, 0.05) is 23.8 Å². The fraction of sp³-hybridized carbons (Fsp3) is 0.267. The lowest BCUT2D eigenvalue weighted by Gasteiger charge is -2.27. The van der Waals surface area contributed by atoms with E-state index in [1.807, 2.05) is 0 Å². The zero-order valence-corrected chi connectivity index (χ0v) is 12.6. The van der Waals surface area contributed by atoms with Crippen molar-refractivity contribution in [1.29, 1.82) is 0 Å². The SMILES string of the molecule is O=C(Nc1ccc(Cl)cc1)c1ccc(N2CCOCC2)nn1. The monoisotopic (exact) mass is 318 g/mol. The summed E-state index contributed by atoms with van der Waals surface area (Å²) in [4.78, 5) is 14.2.